The summed E-state index contributed by atoms with van der Waals surface area (Å²) in [6.45, 7) is 4.25. The molecule has 2 N–H and O–H groups in total. The van der Waals surface area contributed by atoms with Crippen molar-refractivity contribution in [3.05, 3.63) is 35.4 Å². The van der Waals surface area contributed by atoms with Gasteiger partial charge in [0.05, 0.1) is 6.54 Å². The fourth-order valence-electron chi connectivity index (χ4n) is 3.24. The molecule has 4 nitrogen and oxygen atoms in total. The number of guanidine groups is 1. The normalized spacial score (nSPS) is 19.5. The van der Waals surface area contributed by atoms with Gasteiger partial charge in [0.1, 0.15) is 0 Å². The molecule has 134 valence electrons. The fourth-order valence-corrected chi connectivity index (χ4v) is 3.24. The summed E-state index contributed by atoms with van der Waals surface area (Å²) in [4.78, 5) is 9.21. The molecule has 2 fully saturated rings. The van der Waals surface area contributed by atoms with Crippen molar-refractivity contribution < 1.29 is 0 Å². The molecule has 0 spiro atoms. The molecule has 24 heavy (non-hydrogen) atoms. The average Bonchev–Trinajstić information content (AvgIpc) is 3.41. The first-order chi connectivity index (χ1) is 11.2. The lowest BCUT2D eigenvalue weighted by molar-refractivity contribution is 0.277. The summed E-state index contributed by atoms with van der Waals surface area (Å²) in [5.41, 5.74) is 8.68. The van der Waals surface area contributed by atoms with E-state index in [2.05, 4.69) is 39.1 Å². The highest BCUT2D eigenvalue weighted by Gasteiger charge is 2.27. The molecule has 2 aliphatic rings. The standard InChI is InChI=1S/C19H30N4.HI/c1-22(18-10-11-18)19(20)21-14-16-6-8-17(9-7-16)15-23-12-4-2-3-5-13-23;/h6-9,18H,2-5,10-15H2,1H3,(H2,20,21);1H. The zero-order valence-electron chi connectivity index (χ0n) is 14.8. The summed E-state index contributed by atoms with van der Waals surface area (Å²) < 4.78 is 0. The summed E-state index contributed by atoms with van der Waals surface area (Å²) in [6.07, 6.45) is 7.98. The maximum atomic E-state index is 6.04. The second kappa shape index (κ2) is 9.61. The third-order valence-corrected chi connectivity index (χ3v) is 5.01. The number of aliphatic imine (C=N–C) groups is 1. The summed E-state index contributed by atoms with van der Waals surface area (Å²) in [7, 11) is 2.04. The summed E-state index contributed by atoms with van der Waals surface area (Å²) in [5, 5.41) is 0. The first kappa shape index (κ1) is 19.5. The number of likely N-dealkylation sites (tertiary alicyclic amines) is 1. The van der Waals surface area contributed by atoms with Crippen LogP contribution in [0, 0.1) is 0 Å². The van der Waals surface area contributed by atoms with Gasteiger partial charge in [0, 0.05) is 19.6 Å². The van der Waals surface area contributed by atoms with E-state index in [0.717, 1.165) is 6.54 Å². The number of halogens is 1. The number of rotatable bonds is 5. The Hall–Kier alpha value is -0.820. The van der Waals surface area contributed by atoms with Crippen LogP contribution in [0.4, 0.5) is 0 Å². The molecule has 1 aromatic carbocycles. The maximum Gasteiger partial charge on any atom is 0.191 e. The maximum absolute atomic E-state index is 6.04. The molecule has 0 aromatic heterocycles. The molecular formula is C19H31IN4. The molecule has 0 unspecified atom stereocenters. The predicted molar refractivity (Wildman–Crippen MR) is 112 cm³/mol. The Morgan fingerprint density at radius 2 is 1.67 bits per heavy atom. The Bertz CT molecular complexity index is 517. The Kier molecular flexibility index (Phi) is 7.81. The summed E-state index contributed by atoms with van der Waals surface area (Å²) in [6, 6.07) is 9.50. The van der Waals surface area contributed by atoms with Crippen molar-refractivity contribution >= 4 is 29.9 Å². The van der Waals surface area contributed by atoms with Gasteiger partial charge in [0.25, 0.3) is 0 Å². The van der Waals surface area contributed by atoms with E-state index < -0.39 is 0 Å². The highest BCUT2D eigenvalue weighted by Crippen LogP contribution is 2.25. The topological polar surface area (TPSA) is 44.9 Å². The van der Waals surface area contributed by atoms with Crippen LogP contribution in [0.5, 0.6) is 0 Å². The Morgan fingerprint density at radius 1 is 1.08 bits per heavy atom. The van der Waals surface area contributed by atoms with Gasteiger partial charge in [-0.15, -0.1) is 24.0 Å². The van der Waals surface area contributed by atoms with Gasteiger partial charge in [-0.3, -0.25) is 4.90 Å². The molecule has 0 atom stereocenters. The van der Waals surface area contributed by atoms with E-state index >= 15 is 0 Å². The van der Waals surface area contributed by atoms with Gasteiger partial charge in [-0.2, -0.15) is 0 Å². The molecule has 5 heteroatoms. The molecule has 3 rings (SSSR count). The zero-order chi connectivity index (χ0) is 16.1. The third-order valence-electron chi connectivity index (χ3n) is 5.01. The van der Waals surface area contributed by atoms with E-state index in [1.807, 2.05) is 7.05 Å². The Morgan fingerprint density at radius 3 is 2.25 bits per heavy atom. The molecule has 1 aliphatic heterocycles. The van der Waals surface area contributed by atoms with Gasteiger partial charge in [0.2, 0.25) is 0 Å². The minimum atomic E-state index is 0. The zero-order valence-corrected chi connectivity index (χ0v) is 17.1. The average molecular weight is 442 g/mol. The number of nitrogens with two attached hydrogens (primary N) is 1. The van der Waals surface area contributed by atoms with Crippen molar-refractivity contribution in [1.29, 1.82) is 0 Å². The molecule has 0 bridgehead atoms. The minimum Gasteiger partial charge on any atom is -0.370 e. The van der Waals surface area contributed by atoms with E-state index in [-0.39, 0.29) is 24.0 Å². The highest BCUT2D eigenvalue weighted by molar-refractivity contribution is 14.0. The van der Waals surface area contributed by atoms with Crippen LogP contribution in [-0.4, -0.2) is 41.9 Å². The van der Waals surface area contributed by atoms with Crippen LogP contribution >= 0.6 is 24.0 Å². The van der Waals surface area contributed by atoms with Crippen molar-refractivity contribution in [2.75, 3.05) is 20.1 Å². The van der Waals surface area contributed by atoms with Gasteiger partial charge in [-0.1, -0.05) is 37.1 Å². The first-order valence-corrected chi connectivity index (χ1v) is 9.05. The number of hydrogen-bond acceptors (Lipinski definition) is 2. The van der Waals surface area contributed by atoms with E-state index in [4.69, 9.17) is 5.73 Å². The number of benzene rings is 1. The van der Waals surface area contributed by atoms with Crippen molar-refractivity contribution in [1.82, 2.24) is 9.80 Å². The molecule has 1 saturated carbocycles. The number of hydrogen-bond donors (Lipinski definition) is 1. The number of nitrogens with zero attached hydrogens (tertiary/aromatic N) is 3. The van der Waals surface area contributed by atoms with E-state index in [1.54, 1.807) is 0 Å². The molecule has 0 amide bonds. The quantitative estimate of drug-likeness (QED) is 0.431. The fraction of sp³-hybridized carbons (Fsp3) is 0.632. The summed E-state index contributed by atoms with van der Waals surface area (Å²) >= 11 is 0. The largest absolute Gasteiger partial charge is 0.370 e. The Balaban J connectivity index is 0.00000208. The Labute approximate surface area is 163 Å². The van der Waals surface area contributed by atoms with Crippen LogP contribution < -0.4 is 5.73 Å². The van der Waals surface area contributed by atoms with Crippen molar-refractivity contribution in [2.45, 2.75) is 57.7 Å². The third kappa shape index (κ3) is 5.92. The minimum absolute atomic E-state index is 0. The molecule has 1 heterocycles. The van der Waals surface area contributed by atoms with Crippen LogP contribution in [0.25, 0.3) is 0 Å². The van der Waals surface area contributed by atoms with E-state index in [1.165, 1.54) is 62.7 Å². The van der Waals surface area contributed by atoms with Crippen molar-refractivity contribution in [3.8, 4) is 0 Å². The summed E-state index contributed by atoms with van der Waals surface area (Å²) in [5.74, 6) is 0.668. The first-order valence-electron chi connectivity index (χ1n) is 9.05. The van der Waals surface area contributed by atoms with Gasteiger partial charge in [-0.25, -0.2) is 4.99 Å². The molecule has 0 radical (unpaired) electrons. The SMILES string of the molecule is CN(C(N)=NCc1ccc(CN2CCCCCC2)cc1)C1CC1.I. The van der Waals surface area contributed by atoms with Crippen LogP contribution in [0.2, 0.25) is 0 Å². The van der Waals surface area contributed by atoms with Crippen molar-refractivity contribution in [2.24, 2.45) is 10.7 Å². The predicted octanol–water partition coefficient (Wildman–Crippen LogP) is 3.59. The van der Waals surface area contributed by atoms with Crippen LogP contribution in [0.15, 0.2) is 29.3 Å². The molecule has 1 saturated heterocycles. The smallest absolute Gasteiger partial charge is 0.191 e. The lowest BCUT2D eigenvalue weighted by Crippen LogP contribution is -2.35. The van der Waals surface area contributed by atoms with E-state index in [0.29, 0.717) is 18.5 Å². The molecular weight excluding hydrogens is 411 g/mol. The van der Waals surface area contributed by atoms with Crippen LogP contribution in [0.1, 0.15) is 49.7 Å². The monoisotopic (exact) mass is 442 g/mol. The molecule has 1 aromatic rings. The van der Waals surface area contributed by atoms with E-state index in [9.17, 15) is 0 Å². The lowest BCUT2D eigenvalue weighted by atomic mass is 10.1. The van der Waals surface area contributed by atoms with Gasteiger partial charge < -0.3 is 10.6 Å². The van der Waals surface area contributed by atoms with Gasteiger partial charge in [0.15, 0.2) is 5.96 Å². The second-order valence-corrected chi connectivity index (χ2v) is 7.02. The highest BCUT2D eigenvalue weighted by atomic mass is 127. The van der Waals surface area contributed by atoms with Gasteiger partial charge >= 0.3 is 0 Å². The second-order valence-electron chi connectivity index (χ2n) is 7.02. The van der Waals surface area contributed by atoms with Crippen LogP contribution in [-0.2, 0) is 13.1 Å². The van der Waals surface area contributed by atoms with Gasteiger partial charge in [-0.05, 0) is 49.9 Å². The van der Waals surface area contributed by atoms with Crippen LogP contribution in [0.3, 0.4) is 0 Å². The lowest BCUT2D eigenvalue weighted by Gasteiger charge is -2.19. The molecule has 1 aliphatic carbocycles. The van der Waals surface area contributed by atoms with Crippen molar-refractivity contribution in [3.63, 3.8) is 0 Å².